The summed E-state index contributed by atoms with van der Waals surface area (Å²) in [6.07, 6.45) is 1.06. The Morgan fingerprint density at radius 2 is 1.93 bits per heavy atom. The maximum atomic E-state index is 5.67. The number of hydrogen-bond acceptors (Lipinski definition) is 3. The maximum Gasteiger partial charge on any atom is 0.0700 e. The lowest BCUT2D eigenvalue weighted by Crippen LogP contribution is -2.27. The molecule has 14 heavy (non-hydrogen) atoms. The minimum atomic E-state index is 0.680. The number of ether oxygens (including phenoxy) is 2. The summed E-state index contributed by atoms with van der Waals surface area (Å²) in [7, 11) is 1.68. The molecule has 0 heterocycles. The van der Waals surface area contributed by atoms with Crippen molar-refractivity contribution in [3.05, 3.63) is 0 Å². The Morgan fingerprint density at radius 1 is 1.14 bits per heavy atom. The average molecular weight is 224 g/mol. The van der Waals surface area contributed by atoms with Crippen molar-refractivity contribution >= 4 is 11.6 Å². The Kier molecular flexibility index (Phi) is 11.4. The van der Waals surface area contributed by atoms with Crippen LogP contribution < -0.4 is 0 Å². The molecule has 0 aliphatic carbocycles. The van der Waals surface area contributed by atoms with E-state index >= 15 is 0 Å². The van der Waals surface area contributed by atoms with Gasteiger partial charge in [-0.05, 0) is 13.0 Å². The lowest BCUT2D eigenvalue weighted by atomic mass is 10.4. The third-order valence-electron chi connectivity index (χ3n) is 2.04. The second-order valence-corrected chi connectivity index (χ2v) is 3.46. The molecular weight excluding hydrogens is 202 g/mol. The molecule has 3 nitrogen and oxygen atoms in total. The summed E-state index contributed by atoms with van der Waals surface area (Å²) in [4.78, 5) is 2.33. The quantitative estimate of drug-likeness (QED) is 0.415. The van der Waals surface area contributed by atoms with Crippen LogP contribution in [0.3, 0.4) is 0 Å². The molecular formula is C10H22ClNO2. The normalized spacial score (nSPS) is 11.1. The van der Waals surface area contributed by atoms with E-state index in [1.165, 1.54) is 0 Å². The fourth-order valence-electron chi connectivity index (χ4n) is 1.18. The average Bonchev–Trinajstić information content (AvgIpc) is 2.21. The Morgan fingerprint density at radius 3 is 2.50 bits per heavy atom. The first-order valence-corrected chi connectivity index (χ1v) is 5.73. The number of rotatable bonds is 10. The van der Waals surface area contributed by atoms with E-state index in [0.29, 0.717) is 19.1 Å². The van der Waals surface area contributed by atoms with E-state index in [-0.39, 0.29) is 0 Å². The predicted molar refractivity (Wildman–Crippen MR) is 60.1 cm³/mol. The molecule has 86 valence electrons. The molecule has 0 rings (SSSR count). The summed E-state index contributed by atoms with van der Waals surface area (Å²) < 4.78 is 10.2. The molecule has 0 aromatic carbocycles. The highest BCUT2D eigenvalue weighted by Crippen LogP contribution is 1.93. The molecule has 0 aliphatic heterocycles. The second kappa shape index (κ2) is 11.2. The van der Waals surface area contributed by atoms with Crippen LogP contribution >= 0.6 is 11.6 Å². The molecule has 0 aromatic heterocycles. The highest BCUT2D eigenvalue weighted by atomic mass is 35.5. The summed E-state index contributed by atoms with van der Waals surface area (Å²) in [5.41, 5.74) is 0. The Bertz CT molecular complexity index is 114. The molecule has 0 bridgehead atoms. The summed E-state index contributed by atoms with van der Waals surface area (Å²) in [6, 6.07) is 0. The summed E-state index contributed by atoms with van der Waals surface area (Å²) >= 11 is 5.67. The van der Waals surface area contributed by atoms with Gasteiger partial charge in [-0.2, -0.15) is 0 Å². The van der Waals surface area contributed by atoms with Gasteiger partial charge in [0.2, 0.25) is 0 Å². The first-order valence-electron chi connectivity index (χ1n) is 5.20. The molecule has 0 spiro atoms. The van der Waals surface area contributed by atoms with Crippen LogP contribution in [0.25, 0.3) is 0 Å². The number of alkyl halides is 1. The first kappa shape index (κ1) is 14.2. The van der Waals surface area contributed by atoms with Gasteiger partial charge in [0.1, 0.15) is 0 Å². The van der Waals surface area contributed by atoms with Crippen LogP contribution in [0.1, 0.15) is 13.3 Å². The van der Waals surface area contributed by atoms with E-state index in [2.05, 4.69) is 11.8 Å². The highest BCUT2D eigenvalue weighted by molar-refractivity contribution is 6.18. The molecule has 0 aliphatic rings. The zero-order valence-electron chi connectivity index (χ0n) is 9.30. The van der Waals surface area contributed by atoms with Gasteiger partial charge in [0.15, 0.2) is 0 Å². The lowest BCUT2D eigenvalue weighted by Gasteiger charge is -2.18. The molecule has 0 amide bonds. The van der Waals surface area contributed by atoms with Crippen LogP contribution in [0.2, 0.25) is 0 Å². The van der Waals surface area contributed by atoms with Crippen molar-refractivity contribution in [2.75, 3.05) is 52.4 Å². The van der Waals surface area contributed by atoms with E-state index < -0.39 is 0 Å². The number of nitrogens with zero attached hydrogens (tertiary/aromatic N) is 1. The van der Waals surface area contributed by atoms with Gasteiger partial charge < -0.3 is 14.4 Å². The van der Waals surface area contributed by atoms with Gasteiger partial charge in [0.05, 0.1) is 13.2 Å². The van der Waals surface area contributed by atoms with Crippen LogP contribution in [0.4, 0.5) is 0 Å². The Labute approximate surface area is 92.3 Å². The SMILES string of the molecule is CCN(CCCl)CCCOCCOC. The largest absolute Gasteiger partial charge is 0.382 e. The van der Waals surface area contributed by atoms with E-state index in [0.717, 1.165) is 32.7 Å². The fourth-order valence-corrected chi connectivity index (χ4v) is 1.42. The predicted octanol–water partition coefficient (Wildman–Crippen LogP) is 1.60. The van der Waals surface area contributed by atoms with Gasteiger partial charge in [0, 0.05) is 32.7 Å². The van der Waals surface area contributed by atoms with Gasteiger partial charge in [-0.1, -0.05) is 6.92 Å². The van der Waals surface area contributed by atoms with Crippen LogP contribution in [0.5, 0.6) is 0 Å². The fraction of sp³-hybridized carbons (Fsp3) is 1.00. The van der Waals surface area contributed by atoms with Crippen molar-refractivity contribution in [1.29, 1.82) is 0 Å². The Balaban J connectivity index is 3.15. The second-order valence-electron chi connectivity index (χ2n) is 3.08. The lowest BCUT2D eigenvalue weighted by molar-refractivity contribution is 0.0657. The van der Waals surface area contributed by atoms with Crippen LogP contribution in [0.15, 0.2) is 0 Å². The molecule has 0 aromatic rings. The monoisotopic (exact) mass is 223 g/mol. The first-order chi connectivity index (χ1) is 6.85. The van der Waals surface area contributed by atoms with E-state index in [4.69, 9.17) is 21.1 Å². The van der Waals surface area contributed by atoms with Crippen molar-refractivity contribution < 1.29 is 9.47 Å². The maximum absolute atomic E-state index is 5.67. The summed E-state index contributed by atoms with van der Waals surface area (Å²) in [5, 5.41) is 0. The molecule has 0 saturated heterocycles. The van der Waals surface area contributed by atoms with Crippen molar-refractivity contribution in [2.45, 2.75) is 13.3 Å². The third-order valence-corrected chi connectivity index (χ3v) is 2.21. The highest BCUT2D eigenvalue weighted by Gasteiger charge is 1.99. The molecule has 0 N–H and O–H groups in total. The number of halogens is 1. The van der Waals surface area contributed by atoms with Gasteiger partial charge in [-0.3, -0.25) is 0 Å². The number of methoxy groups -OCH3 is 1. The van der Waals surface area contributed by atoms with Crippen LogP contribution in [0, 0.1) is 0 Å². The van der Waals surface area contributed by atoms with Crippen molar-refractivity contribution in [2.24, 2.45) is 0 Å². The Hall–Kier alpha value is 0.170. The van der Waals surface area contributed by atoms with E-state index in [9.17, 15) is 0 Å². The van der Waals surface area contributed by atoms with Gasteiger partial charge in [-0.15, -0.1) is 11.6 Å². The molecule has 0 radical (unpaired) electrons. The molecule has 0 unspecified atom stereocenters. The molecule has 0 saturated carbocycles. The van der Waals surface area contributed by atoms with Crippen molar-refractivity contribution in [3.63, 3.8) is 0 Å². The summed E-state index contributed by atoms with van der Waals surface area (Å²) in [6.45, 7) is 7.43. The van der Waals surface area contributed by atoms with E-state index in [1.54, 1.807) is 7.11 Å². The van der Waals surface area contributed by atoms with Gasteiger partial charge >= 0.3 is 0 Å². The minimum absolute atomic E-state index is 0.680. The smallest absolute Gasteiger partial charge is 0.0700 e. The van der Waals surface area contributed by atoms with Gasteiger partial charge in [-0.25, -0.2) is 0 Å². The standard InChI is InChI=1S/C10H22ClNO2/c1-3-12(7-5-11)6-4-8-14-10-9-13-2/h3-10H2,1-2H3. The number of hydrogen-bond donors (Lipinski definition) is 0. The molecule has 0 fully saturated rings. The van der Waals surface area contributed by atoms with Crippen molar-refractivity contribution in [1.82, 2.24) is 4.90 Å². The van der Waals surface area contributed by atoms with Crippen LogP contribution in [-0.4, -0.2) is 57.3 Å². The van der Waals surface area contributed by atoms with Crippen molar-refractivity contribution in [3.8, 4) is 0 Å². The topological polar surface area (TPSA) is 21.7 Å². The zero-order valence-corrected chi connectivity index (χ0v) is 10.1. The zero-order chi connectivity index (χ0) is 10.6. The third kappa shape index (κ3) is 8.75. The molecule has 4 heteroatoms. The minimum Gasteiger partial charge on any atom is -0.382 e. The van der Waals surface area contributed by atoms with E-state index in [1.807, 2.05) is 0 Å². The van der Waals surface area contributed by atoms with Gasteiger partial charge in [0.25, 0.3) is 0 Å². The molecule has 0 atom stereocenters. The van der Waals surface area contributed by atoms with Crippen LogP contribution in [-0.2, 0) is 9.47 Å². The summed E-state index contributed by atoms with van der Waals surface area (Å²) in [5.74, 6) is 0.707.